The van der Waals surface area contributed by atoms with E-state index in [0.29, 0.717) is 10.7 Å². The highest BCUT2D eigenvalue weighted by atomic mass is 79.9. The van der Waals surface area contributed by atoms with E-state index in [4.69, 9.17) is 0 Å². The smallest absolute Gasteiger partial charge is 0.123 e. The SMILES string of the molecule is Cc1ccc(F)cc1CC(C)(C)C1CCC(C)CC1Br. The Balaban J connectivity index is 2.16. The Hall–Kier alpha value is -0.370. The van der Waals surface area contributed by atoms with E-state index in [-0.39, 0.29) is 11.2 Å². The average Bonchev–Trinajstić information content (AvgIpc) is 2.33. The summed E-state index contributed by atoms with van der Waals surface area (Å²) in [4.78, 5) is 0.593. The molecule has 20 heavy (non-hydrogen) atoms. The lowest BCUT2D eigenvalue weighted by Crippen LogP contribution is -2.37. The highest BCUT2D eigenvalue weighted by Gasteiger charge is 2.37. The minimum Gasteiger partial charge on any atom is -0.207 e. The lowest BCUT2D eigenvalue weighted by Gasteiger charge is -2.42. The van der Waals surface area contributed by atoms with Crippen molar-refractivity contribution in [3.05, 3.63) is 35.1 Å². The molecule has 1 aromatic rings. The van der Waals surface area contributed by atoms with Crippen molar-refractivity contribution in [2.45, 2.75) is 58.2 Å². The maximum atomic E-state index is 13.5. The highest BCUT2D eigenvalue weighted by Crippen LogP contribution is 2.45. The second-order valence-corrected chi connectivity index (χ2v) is 8.45. The molecule has 2 heteroatoms. The number of rotatable bonds is 3. The van der Waals surface area contributed by atoms with Crippen LogP contribution in [0.2, 0.25) is 0 Å². The number of alkyl halides is 1. The van der Waals surface area contributed by atoms with E-state index in [2.05, 4.69) is 43.6 Å². The molecule has 0 bridgehead atoms. The number of hydrogen-bond acceptors (Lipinski definition) is 0. The molecule has 3 atom stereocenters. The van der Waals surface area contributed by atoms with Gasteiger partial charge in [-0.25, -0.2) is 4.39 Å². The summed E-state index contributed by atoms with van der Waals surface area (Å²) in [5.41, 5.74) is 2.57. The molecule has 1 aliphatic carbocycles. The van der Waals surface area contributed by atoms with Gasteiger partial charge >= 0.3 is 0 Å². The number of benzene rings is 1. The van der Waals surface area contributed by atoms with Gasteiger partial charge in [-0.2, -0.15) is 0 Å². The van der Waals surface area contributed by atoms with Crippen LogP contribution in [0.25, 0.3) is 0 Å². The Labute approximate surface area is 131 Å². The Morgan fingerprint density at radius 1 is 1.30 bits per heavy atom. The van der Waals surface area contributed by atoms with Crippen molar-refractivity contribution in [1.82, 2.24) is 0 Å². The minimum absolute atomic E-state index is 0.117. The van der Waals surface area contributed by atoms with Gasteiger partial charge in [0.2, 0.25) is 0 Å². The summed E-state index contributed by atoms with van der Waals surface area (Å²) in [6, 6.07) is 5.17. The summed E-state index contributed by atoms with van der Waals surface area (Å²) < 4.78 is 13.5. The molecule has 0 N–H and O–H groups in total. The van der Waals surface area contributed by atoms with Crippen LogP contribution < -0.4 is 0 Å². The average molecular weight is 341 g/mol. The van der Waals surface area contributed by atoms with E-state index in [1.807, 2.05) is 6.07 Å². The topological polar surface area (TPSA) is 0 Å². The van der Waals surface area contributed by atoms with Gasteiger partial charge in [-0.1, -0.05) is 49.2 Å². The van der Waals surface area contributed by atoms with Crippen LogP contribution in [-0.4, -0.2) is 4.83 Å². The normalized spacial score (nSPS) is 27.6. The van der Waals surface area contributed by atoms with Gasteiger partial charge in [0.1, 0.15) is 5.82 Å². The Morgan fingerprint density at radius 2 is 2.00 bits per heavy atom. The molecule has 2 rings (SSSR count). The summed E-state index contributed by atoms with van der Waals surface area (Å²) in [5.74, 6) is 1.37. The Morgan fingerprint density at radius 3 is 2.65 bits per heavy atom. The van der Waals surface area contributed by atoms with Crippen LogP contribution >= 0.6 is 15.9 Å². The fraction of sp³-hybridized carbons (Fsp3) is 0.667. The zero-order chi connectivity index (χ0) is 14.9. The fourth-order valence-electron chi connectivity index (χ4n) is 3.64. The van der Waals surface area contributed by atoms with Gasteiger partial charge in [-0.05, 0) is 66.7 Å². The van der Waals surface area contributed by atoms with Crippen LogP contribution in [0.1, 0.15) is 51.2 Å². The van der Waals surface area contributed by atoms with Crippen LogP contribution in [0, 0.1) is 30.0 Å². The molecule has 1 aromatic carbocycles. The molecular formula is C18H26BrF. The third-order valence-corrected chi connectivity index (χ3v) is 6.01. The second kappa shape index (κ2) is 6.17. The first-order valence-electron chi connectivity index (χ1n) is 7.68. The molecule has 3 unspecified atom stereocenters. The lowest BCUT2D eigenvalue weighted by molar-refractivity contribution is 0.146. The van der Waals surface area contributed by atoms with E-state index < -0.39 is 0 Å². The first kappa shape index (κ1) is 16.0. The molecular weight excluding hydrogens is 315 g/mol. The van der Waals surface area contributed by atoms with Crippen LogP contribution in [0.5, 0.6) is 0 Å². The van der Waals surface area contributed by atoms with Gasteiger partial charge < -0.3 is 0 Å². The molecule has 0 spiro atoms. The predicted molar refractivity (Wildman–Crippen MR) is 87.8 cm³/mol. The molecule has 0 aliphatic heterocycles. The molecule has 0 aromatic heterocycles. The molecule has 1 fully saturated rings. The summed E-state index contributed by atoms with van der Waals surface area (Å²) in [6.07, 6.45) is 4.81. The van der Waals surface area contributed by atoms with E-state index in [1.54, 1.807) is 12.1 Å². The predicted octanol–water partition coefficient (Wildman–Crippen LogP) is 5.90. The molecule has 0 radical (unpaired) electrons. The van der Waals surface area contributed by atoms with Crippen LogP contribution in [-0.2, 0) is 6.42 Å². The molecule has 0 amide bonds. The van der Waals surface area contributed by atoms with E-state index in [1.165, 1.54) is 24.8 Å². The highest BCUT2D eigenvalue weighted by molar-refractivity contribution is 9.09. The van der Waals surface area contributed by atoms with Gasteiger partial charge in [0, 0.05) is 4.83 Å². The fourth-order valence-corrected chi connectivity index (χ4v) is 5.26. The van der Waals surface area contributed by atoms with Crippen LogP contribution in [0.4, 0.5) is 4.39 Å². The third-order valence-electron chi connectivity index (χ3n) is 5.00. The first-order chi connectivity index (χ1) is 9.29. The maximum absolute atomic E-state index is 13.5. The molecule has 1 saturated carbocycles. The number of hydrogen-bond donors (Lipinski definition) is 0. The zero-order valence-electron chi connectivity index (χ0n) is 13.0. The second-order valence-electron chi connectivity index (χ2n) is 7.28. The van der Waals surface area contributed by atoms with Crippen molar-refractivity contribution in [3.63, 3.8) is 0 Å². The number of halogens is 2. The summed E-state index contributed by atoms with van der Waals surface area (Å²) in [7, 11) is 0. The molecule has 0 heterocycles. The minimum atomic E-state index is -0.117. The van der Waals surface area contributed by atoms with Crippen LogP contribution in [0.3, 0.4) is 0 Å². The van der Waals surface area contributed by atoms with Crippen molar-refractivity contribution in [3.8, 4) is 0 Å². The quantitative estimate of drug-likeness (QED) is 0.600. The summed E-state index contributed by atoms with van der Waals surface area (Å²) in [5, 5.41) is 0. The van der Waals surface area contributed by atoms with Gasteiger partial charge in [0.05, 0.1) is 0 Å². The monoisotopic (exact) mass is 340 g/mol. The van der Waals surface area contributed by atoms with Crippen molar-refractivity contribution in [2.75, 3.05) is 0 Å². The van der Waals surface area contributed by atoms with Gasteiger partial charge in [0.25, 0.3) is 0 Å². The Kier molecular flexibility index (Phi) is 4.94. The van der Waals surface area contributed by atoms with E-state index >= 15 is 0 Å². The summed E-state index contributed by atoms with van der Waals surface area (Å²) in [6.45, 7) is 9.10. The number of aryl methyl sites for hydroxylation is 1. The van der Waals surface area contributed by atoms with Crippen molar-refractivity contribution in [1.29, 1.82) is 0 Å². The first-order valence-corrected chi connectivity index (χ1v) is 8.60. The van der Waals surface area contributed by atoms with Crippen molar-refractivity contribution in [2.24, 2.45) is 17.3 Å². The molecule has 112 valence electrons. The largest absolute Gasteiger partial charge is 0.207 e. The summed E-state index contributed by atoms with van der Waals surface area (Å²) >= 11 is 3.90. The third kappa shape index (κ3) is 3.63. The van der Waals surface area contributed by atoms with E-state index in [9.17, 15) is 4.39 Å². The molecule has 0 nitrogen and oxygen atoms in total. The Bertz CT molecular complexity index is 466. The van der Waals surface area contributed by atoms with Gasteiger partial charge in [0.15, 0.2) is 0 Å². The van der Waals surface area contributed by atoms with Gasteiger partial charge in [-0.15, -0.1) is 0 Å². The molecule has 0 saturated heterocycles. The standard InChI is InChI=1S/C18H26BrF/c1-12-5-8-16(17(19)9-12)18(3,4)11-14-10-15(20)7-6-13(14)2/h6-7,10,12,16-17H,5,8-9,11H2,1-4H3. The van der Waals surface area contributed by atoms with Gasteiger partial charge in [-0.3, -0.25) is 0 Å². The van der Waals surface area contributed by atoms with Crippen molar-refractivity contribution >= 4 is 15.9 Å². The lowest BCUT2D eigenvalue weighted by atomic mass is 9.66. The molecule has 1 aliphatic rings. The van der Waals surface area contributed by atoms with Crippen molar-refractivity contribution < 1.29 is 4.39 Å². The van der Waals surface area contributed by atoms with Crippen LogP contribution in [0.15, 0.2) is 18.2 Å². The zero-order valence-corrected chi connectivity index (χ0v) is 14.6. The van der Waals surface area contributed by atoms with E-state index in [0.717, 1.165) is 17.9 Å². The maximum Gasteiger partial charge on any atom is 0.123 e.